The number of ether oxygens (including phenoxy) is 1. The zero-order valence-corrected chi connectivity index (χ0v) is 15.9. The molecule has 3 rings (SSSR count). The molecular weight excluding hydrogens is 361 g/mol. The summed E-state index contributed by atoms with van der Waals surface area (Å²) >= 11 is 0. The lowest BCUT2D eigenvalue weighted by molar-refractivity contribution is -0.144. The van der Waals surface area contributed by atoms with Gasteiger partial charge >= 0.3 is 5.97 Å². The Morgan fingerprint density at radius 3 is 2.54 bits per heavy atom. The summed E-state index contributed by atoms with van der Waals surface area (Å²) in [6.07, 6.45) is 6.27. The van der Waals surface area contributed by atoms with Crippen LogP contribution in [0.15, 0.2) is 42.9 Å². The van der Waals surface area contributed by atoms with Crippen LogP contribution in [0.25, 0.3) is 0 Å². The van der Waals surface area contributed by atoms with Crippen molar-refractivity contribution >= 4 is 11.9 Å². The summed E-state index contributed by atoms with van der Waals surface area (Å²) < 4.78 is 18.5. The fraction of sp³-hybridized carbons (Fsp3) is 0.429. The van der Waals surface area contributed by atoms with E-state index in [4.69, 9.17) is 4.74 Å². The number of nitrogens with zero attached hydrogens (tertiary/aromatic N) is 3. The Hall–Kier alpha value is -2.83. The van der Waals surface area contributed by atoms with Crippen LogP contribution in [0.1, 0.15) is 48.2 Å². The van der Waals surface area contributed by atoms with Crippen LogP contribution in [0.4, 0.5) is 4.39 Å². The topological polar surface area (TPSA) is 72.4 Å². The van der Waals surface area contributed by atoms with E-state index in [-0.39, 0.29) is 36.0 Å². The van der Waals surface area contributed by atoms with Crippen molar-refractivity contribution in [1.29, 1.82) is 0 Å². The second-order valence-electron chi connectivity index (χ2n) is 6.89. The summed E-state index contributed by atoms with van der Waals surface area (Å²) in [6, 6.07) is 6.30. The first kappa shape index (κ1) is 19.9. The predicted octanol–water partition coefficient (Wildman–Crippen LogP) is 3.20. The Morgan fingerprint density at radius 2 is 1.93 bits per heavy atom. The minimum absolute atomic E-state index is 0.0616. The lowest BCUT2D eigenvalue weighted by atomic mass is 9.78. The standard InChI is InChI=1S/C21H24FN3O3/c1-2-28-20(26)13-18(15-3-5-17(22)6-4-15)16-7-11-25(12-8-16)21(27)19-14-23-9-10-24-19/h3-6,9-10,14,16,18H,2,7-8,11-13H2,1H3. The minimum atomic E-state index is -0.303. The van der Waals surface area contributed by atoms with E-state index in [0.717, 1.165) is 18.4 Å². The molecule has 1 saturated heterocycles. The number of aromatic nitrogens is 2. The van der Waals surface area contributed by atoms with Crippen molar-refractivity contribution in [2.24, 2.45) is 5.92 Å². The van der Waals surface area contributed by atoms with E-state index in [1.54, 1.807) is 24.0 Å². The van der Waals surface area contributed by atoms with Gasteiger partial charge in [-0.2, -0.15) is 0 Å². The first-order chi connectivity index (χ1) is 13.6. The molecule has 6 nitrogen and oxygen atoms in total. The molecule has 1 aliphatic heterocycles. The van der Waals surface area contributed by atoms with Gasteiger partial charge in [-0.25, -0.2) is 9.37 Å². The van der Waals surface area contributed by atoms with Crippen LogP contribution in [-0.4, -0.2) is 46.4 Å². The fourth-order valence-corrected chi connectivity index (χ4v) is 3.74. The van der Waals surface area contributed by atoms with Crippen molar-refractivity contribution in [2.45, 2.75) is 32.1 Å². The summed E-state index contributed by atoms with van der Waals surface area (Å²) in [5.41, 5.74) is 1.26. The highest BCUT2D eigenvalue weighted by molar-refractivity contribution is 5.92. The van der Waals surface area contributed by atoms with Gasteiger partial charge in [0, 0.05) is 25.5 Å². The van der Waals surface area contributed by atoms with E-state index in [9.17, 15) is 14.0 Å². The van der Waals surface area contributed by atoms with E-state index in [1.807, 2.05) is 0 Å². The normalized spacial score (nSPS) is 15.9. The quantitative estimate of drug-likeness (QED) is 0.714. The van der Waals surface area contributed by atoms with Gasteiger partial charge in [0.25, 0.3) is 5.91 Å². The lowest BCUT2D eigenvalue weighted by Gasteiger charge is -2.36. The maximum absolute atomic E-state index is 13.3. The minimum Gasteiger partial charge on any atom is -0.466 e. The Bertz CT molecular complexity index is 790. The third-order valence-electron chi connectivity index (χ3n) is 5.17. The summed E-state index contributed by atoms with van der Waals surface area (Å²) in [7, 11) is 0. The third kappa shape index (κ3) is 4.91. The van der Waals surface area contributed by atoms with E-state index >= 15 is 0 Å². The molecular formula is C21H24FN3O3. The molecule has 1 aromatic heterocycles. The number of carbonyl (C=O) groups excluding carboxylic acids is 2. The number of esters is 1. The van der Waals surface area contributed by atoms with Gasteiger partial charge in [-0.3, -0.25) is 14.6 Å². The molecule has 1 aliphatic rings. The van der Waals surface area contributed by atoms with Gasteiger partial charge in [-0.05, 0) is 49.3 Å². The zero-order chi connectivity index (χ0) is 19.9. The van der Waals surface area contributed by atoms with E-state index in [2.05, 4.69) is 9.97 Å². The predicted molar refractivity (Wildman–Crippen MR) is 101 cm³/mol. The van der Waals surface area contributed by atoms with E-state index in [1.165, 1.54) is 30.7 Å². The molecule has 1 atom stereocenters. The number of piperidine rings is 1. The molecule has 0 spiro atoms. The van der Waals surface area contributed by atoms with Gasteiger partial charge in [-0.15, -0.1) is 0 Å². The summed E-state index contributed by atoms with van der Waals surface area (Å²) in [6.45, 7) is 3.28. The highest BCUT2D eigenvalue weighted by Gasteiger charge is 2.31. The number of carbonyl (C=O) groups is 2. The van der Waals surface area contributed by atoms with Crippen molar-refractivity contribution in [2.75, 3.05) is 19.7 Å². The number of hydrogen-bond acceptors (Lipinski definition) is 5. The molecule has 1 aromatic carbocycles. The van der Waals surface area contributed by atoms with Crippen molar-refractivity contribution in [1.82, 2.24) is 14.9 Å². The van der Waals surface area contributed by atoms with Gasteiger partial charge in [0.05, 0.1) is 19.2 Å². The number of likely N-dealkylation sites (tertiary alicyclic amines) is 1. The number of rotatable bonds is 6. The van der Waals surface area contributed by atoms with Crippen LogP contribution in [0.3, 0.4) is 0 Å². The Morgan fingerprint density at radius 1 is 1.21 bits per heavy atom. The first-order valence-electron chi connectivity index (χ1n) is 9.55. The Kier molecular flexibility index (Phi) is 6.68. The molecule has 0 radical (unpaired) electrons. The summed E-state index contributed by atoms with van der Waals surface area (Å²) in [4.78, 5) is 34.5. The zero-order valence-electron chi connectivity index (χ0n) is 15.9. The van der Waals surface area contributed by atoms with Crippen molar-refractivity contribution in [3.63, 3.8) is 0 Å². The van der Waals surface area contributed by atoms with Crippen LogP contribution in [-0.2, 0) is 9.53 Å². The molecule has 0 bridgehead atoms. The maximum Gasteiger partial charge on any atom is 0.306 e. The average molecular weight is 385 g/mol. The largest absolute Gasteiger partial charge is 0.466 e. The van der Waals surface area contributed by atoms with Crippen LogP contribution >= 0.6 is 0 Å². The molecule has 2 heterocycles. The molecule has 1 amide bonds. The van der Waals surface area contributed by atoms with Crippen LogP contribution in [0, 0.1) is 11.7 Å². The average Bonchev–Trinajstić information content (AvgIpc) is 2.73. The van der Waals surface area contributed by atoms with Crippen LogP contribution in [0.2, 0.25) is 0 Å². The summed E-state index contributed by atoms with van der Waals surface area (Å²) in [5.74, 6) is -0.539. The Labute approximate surface area is 163 Å². The molecule has 1 fully saturated rings. The second-order valence-corrected chi connectivity index (χ2v) is 6.89. The first-order valence-corrected chi connectivity index (χ1v) is 9.55. The number of hydrogen-bond donors (Lipinski definition) is 0. The monoisotopic (exact) mass is 385 g/mol. The van der Waals surface area contributed by atoms with Gasteiger partial charge < -0.3 is 9.64 Å². The van der Waals surface area contributed by atoms with Crippen molar-refractivity contribution in [3.05, 3.63) is 59.9 Å². The highest BCUT2D eigenvalue weighted by Crippen LogP contribution is 2.36. The van der Waals surface area contributed by atoms with Crippen molar-refractivity contribution in [3.8, 4) is 0 Å². The molecule has 28 heavy (non-hydrogen) atoms. The molecule has 7 heteroatoms. The number of halogens is 1. The summed E-state index contributed by atoms with van der Waals surface area (Å²) in [5, 5.41) is 0. The van der Waals surface area contributed by atoms with Crippen LogP contribution in [0.5, 0.6) is 0 Å². The third-order valence-corrected chi connectivity index (χ3v) is 5.17. The van der Waals surface area contributed by atoms with Crippen molar-refractivity contribution < 1.29 is 18.7 Å². The highest BCUT2D eigenvalue weighted by atomic mass is 19.1. The smallest absolute Gasteiger partial charge is 0.306 e. The maximum atomic E-state index is 13.3. The molecule has 0 N–H and O–H groups in total. The molecule has 2 aromatic rings. The van der Waals surface area contributed by atoms with Gasteiger partial charge in [0.15, 0.2) is 0 Å². The van der Waals surface area contributed by atoms with E-state index in [0.29, 0.717) is 25.4 Å². The van der Waals surface area contributed by atoms with Gasteiger partial charge in [0.2, 0.25) is 0 Å². The Balaban J connectivity index is 1.69. The van der Waals surface area contributed by atoms with Gasteiger partial charge in [0.1, 0.15) is 11.5 Å². The molecule has 0 aliphatic carbocycles. The molecule has 0 saturated carbocycles. The molecule has 148 valence electrons. The lowest BCUT2D eigenvalue weighted by Crippen LogP contribution is -2.40. The SMILES string of the molecule is CCOC(=O)CC(c1ccc(F)cc1)C1CCN(C(=O)c2cnccn2)CC1. The second kappa shape index (κ2) is 9.39. The number of amides is 1. The van der Waals surface area contributed by atoms with E-state index < -0.39 is 0 Å². The van der Waals surface area contributed by atoms with Gasteiger partial charge in [-0.1, -0.05) is 12.1 Å². The van der Waals surface area contributed by atoms with Crippen LogP contribution < -0.4 is 0 Å². The fourth-order valence-electron chi connectivity index (χ4n) is 3.74. The number of benzene rings is 1. The molecule has 1 unspecified atom stereocenters.